The predicted octanol–water partition coefficient (Wildman–Crippen LogP) is 1.12. The number of aromatic carboxylic acids is 1. The third kappa shape index (κ3) is 2.41. The summed E-state index contributed by atoms with van der Waals surface area (Å²) < 4.78 is 11.3. The lowest BCUT2D eigenvalue weighted by atomic mass is 10.0. The summed E-state index contributed by atoms with van der Waals surface area (Å²) >= 11 is 0. The molecule has 0 saturated carbocycles. The average molecular weight is 264 g/mol. The number of carbonyl (C=O) groups is 1. The van der Waals surface area contributed by atoms with Crippen LogP contribution in [0.4, 0.5) is 5.69 Å². The van der Waals surface area contributed by atoms with Crippen LogP contribution in [0.2, 0.25) is 0 Å². The first-order valence-electron chi connectivity index (χ1n) is 6.41. The first-order valence-corrected chi connectivity index (χ1v) is 6.41. The van der Waals surface area contributed by atoms with Crippen LogP contribution < -0.4 is 4.90 Å². The summed E-state index contributed by atoms with van der Waals surface area (Å²) in [4.78, 5) is 16.9. The summed E-state index contributed by atoms with van der Waals surface area (Å²) in [7, 11) is 0. The maximum absolute atomic E-state index is 10.7. The van der Waals surface area contributed by atoms with Crippen LogP contribution in [0, 0.1) is 0 Å². The van der Waals surface area contributed by atoms with E-state index in [4.69, 9.17) is 14.6 Å². The molecule has 1 spiro atoms. The van der Waals surface area contributed by atoms with E-state index in [1.54, 1.807) is 12.3 Å². The Morgan fingerprint density at radius 1 is 1.26 bits per heavy atom. The zero-order chi connectivity index (χ0) is 13.3. The molecule has 6 nitrogen and oxygen atoms in total. The lowest BCUT2D eigenvalue weighted by Crippen LogP contribution is -2.45. The Morgan fingerprint density at radius 3 is 2.47 bits per heavy atom. The highest BCUT2D eigenvalue weighted by Gasteiger charge is 2.39. The second-order valence-corrected chi connectivity index (χ2v) is 4.80. The average Bonchev–Trinajstić information content (AvgIpc) is 2.88. The molecule has 0 bridgehead atoms. The van der Waals surface area contributed by atoms with Gasteiger partial charge in [-0.1, -0.05) is 0 Å². The minimum Gasteiger partial charge on any atom is -0.477 e. The minimum absolute atomic E-state index is 0.0692. The molecular formula is C13H16N2O4. The lowest BCUT2D eigenvalue weighted by molar-refractivity contribution is -0.169. The van der Waals surface area contributed by atoms with Crippen LogP contribution in [0.15, 0.2) is 18.3 Å². The summed E-state index contributed by atoms with van der Waals surface area (Å²) in [6.45, 7) is 3.01. The van der Waals surface area contributed by atoms with Crippen molar-refractivity contribution in [1.29, 1.82) is 0 Å². The van der Waals surface area contributed by atoms with Gasteiger partial charge in [-0.2, -0.15) is 0 Å². The summed E-state index contributed by atoms with van der Waals surface area (Å²) in [6.07, 6.45) is 3.26. The quantitative estimate of drug-likeness (QED) is 0.863. The van der Waals surface area contributed by atoms with Crippen LogP contribution in [0.25, 0.3) is 0 Å². The molecule has 1 aromatic heterocycles. The molecule has 0 unspecified atom stereocenters. The van der Waals surface area contributed by atoms with Crippen molar-refractivity contribution < 1.29 is 19.4 Å². The minimum atomic E-state index is -1.00. The number of piperidine rings is 1. The van der Waals surface area contributed by atoms with Gasteiger partial charge in [0.05, 0.1) is 25.1 Å². The molecule has 102 valence electrons. The third-order valence-corrected chi connectivity index (χ3v) is 3.67. The van der Waals surface area contributed by atoms with Crippen molar-refractivity contribution in [1.82, 2.24) is 4.98 Å². The second-order valence-electron chi connectivity index (χ2n) is 4.80. The smallest absolute Gasteiger partial charge is 0.354 e. The van der Waals surface area contributed by atoms with Gasteiger partial charge in [-0.3, -0.25) is 0 Å². The molecule has 19 heavy (non-hydrogen) atoms. The van der Waals surface area contributed by atoms with Crippen molar-refractivity contribution in [3.8, 4) is 0 Å². The van der Waals surface area contributed by atoms with Gasteiger partial charge in [-0.25, -0.2) is 9.78 Å². The van der Waals surface area contributed by atoms with Gasteiger partial charge in [0.2, 0.25) is 0 Å². The third-order valence-electron chi connectivity index (χ3n) is 3.67. The Kier molecular flexibility index (Phi) is 3.12. The van der Waals surface area contributed by atoms with Crippen LogP contribution in [-0.4, -0.2) is 48.2 Å². The van der Waals surface area contributed by atoms with Crippen molar-refractivity contribution >= 4 is 11.7 Å². The molecule has 2 aliphatic rings. The number of carboxylic acids is 1. The molecule has 1 aromatic rings. The van der Waals surface area contributed by atoms with E-state index >= 15 is 0 Å². The van der Waals surface area contributed by atoms with E-state index < -0.39 is 5.97 Å². The Bertz CT molecular complexity index is 458. The first-order chi connectivity index (χ1) is 9.19. The van der Waals surface area contributed by atoms with E-state index in [9.17, 15) is 4.79 Å². The largest absolute Gasteiger partial charge is 0.477 e. The van der Waals surface area contributed by atoms with Crippen LogP contribution in [0.5, 0.6) is 0 Å². The highest BCUT2D eigenvalue weighted by Crippen LogP contribution is 2.32. The first kappa shape index (κ1) is 12.4. The molecule has 2 aliphatic heterocycles. The van der Waals surface area contributed by atoms with Gasteiger partial charge < -0.3 is 19.5 Å². The lowest BCUT2D eigenvalue weighted by Gasteiger charge is -2.38. The number of pyridine rings is 1. The molecule has 2 fully saturated rings. The van der Waals surface area contributed by atoms with Gasteiger partial charge in [-0.15, -0.1) is 0 Å². The van der Waals surface area contributed by atoms with Crippen LogP contribution >= 0.6 is 0 Å². The van der Waals surface area contributed by atoms with Crippen LogP contribution in [0.3, 0.4) is 0 Å². The van der Waals surface area contributed by atoms with E-state index in [2.05, 4.69) is 9.88 Å². The number of hydrogen-bond acceptors (Lipinski definition) is 5. The van der Waals surface area contributed by atoms with E-state index in [1.807, 2.05) is 0 Å². The van der Waals surface area contributed by atoms with Gasteiger partial charge in [0.25, 0.3) is 0 Å². The van der Waals surface area contributed by atoms with E-state index in [1.165, 1.54) is 6.07 Å². The number of anilines is 1. The molecule has 0 aromatic carbocycles. The SMILES string of the molecule is O=C(O)c1ccc(N2CCC3(CC2)OCCO3)cn1. The fourth-order valence-electron chi connectivity index (χ4n) is 2.59. The maximum atomic E-state index is 10.7. The Hall–Kier alpha value is -1.66. The highest BCUT2D eigenvalue weighted by molar-refractivity contribution is 5.85. The summed E-state index contributed by atoms with van der Waals surface area (Å²) in [5.41, 5.74) is 1.01. The van der Waals surface area contributed by atoms with Crippen molar-refractivity contribution in [2.75, 3.05) is 31.2 Å². The number of rotatable bonds is 2. The molecular weight excluding hydrogens is 248 g/mol. The monoisotopic (exact) mass is 264 g/mol. The van der Waals surface area contributed by atoms with Crippen LogP contribution in [-0.2, 0) is 9.47 Å². The van der Waals surface area contributed by atoms with Crippen molar-refractivity contribution in [3.63, 3.8) is 0 Å². The molecule has 0 amide bonds. The van der Waals surface area contributed by atoms with Crippen molar-refractivity contribution in [2.24, 2.45) is 0 Å². The molecule has 3 rings (SSSR count). The Balaban J connectivity index is 1.66. The van der Waals surface area contributed by atoms with Crippen molar-refractivity contribution in [2.45, 2.75) is 18.6 Å². The molecule has 1 N–H and O–H groups in total. The number of nitrogens with zero attached hydrogens (tertiary/aromatic N) is 2. The Labute approximate surface area is 111 Å². The molecule has 3 heterocycles. The molecule has 6 heteroatoms. The maximum Gasteiger partial charge on any atom is 0.354 e. The standard InChI is InChI=1S/C13H16N2O4/c16-12(17)11-2-1-10(9-14-11)15-5-3-13(4-6-15)18-7-8-19-13/h1-2,9H,3-8H2,(H,16,17). The zero-order valence-electron chi connectivity index (χ0n) is 10.5. The molecule has 2 saturated heterocycles. The zero-order valence-corrected chi connectivity index (χ0v) is 10.5. The number of ether oxygens (including phenoxy) is 2. The molecule has 0 atom stereocenters. The summed E-state index contributed by atoms with van der Waals surface area (Å²) in [6, 6.07) is 3.33. The number of hydrogen-bond donors (Lipinski definition) is 1. The van der Waals surface area contributed by atoms with Gasteiger partial charge in [0, 0.05) is 25.9 Å². The van der Waals surface area contributed by atoms with Gasteiger partial charge in [0.15, 0.2) is 5.79 Å². The van der Waals surface area contributed by atoms with Crippen LogP contribution in [0.1, 0.15) is 23.3 Å². The molecule has 0 aliphatic carbocycles. The van der Waals surface area contributed by atoms with Gasteiger partial charge in [0.1, 0.15) is 5.69 Å². The number of aromatic nitrogens is 1. The normalized spacial score (nSPS) is 21.8. The topological polar surface area (TPSA) is 71.9 Å². The fourth-order valence-corrected chi connectivity index (χ4v) is 2.59. The van der Waals surface area contributed by atoms with Crippen molar-refractivity contribution in [3.05, 3.63) is 24.0 Å². The summed E-state index contributed by atoms with van der Waals surface area (Å²) in [5, 5.41) is 8.82. The summed E-state index contributed by atoms with van der Waals surface area (Å²) in [5.74, 6) is -1.39. The van der Waals surface area contributed by atoms with E-state index in [0.717, 1.165) is 31.6 Å². The Morgan fingerprint density at radius 2 is 1.95 bits per heavy atom. The predicted molar refractivity (Wildman–Crippen MR) is 67.3 cm³/mol. The van der Waals surface area contributed by atoms with Gasteiger partial charge in [-0.05, 0) is 12.1 Å². The fraction of sp³-hybridized carbons (Fsp3) is 0.538. The van der Waals surface area contributed by atoms with E-state index in [-0.39, 0.29) is 11.5 Å². The van der Waals surface area contributed by atoms with E-state index in [0.29, 0.717) is 13.2 Å². The second kappa shape index (κ2) is 4.79. The van der Waals surface area contributed by atoms with Gasteiger partial charge >= 0.3 is 5.97 Å². The highest BCUT2D eigenvalue weighted by atomic mass is 16.7. The number of carboxylic acid groups (broad SMARTS) is 1. The molecule has 0 radical (unpaired) electrons.